The van der Waals surface area contributed by atoms with E-state index in [1.807, 2.05) is 42.1 Å². The Morgan fingerprint density at radius 2 is 1.89 bits per heavy atom. The van der Waals surface area contributed by atoms with E-state index < -0.39 is 18.1 Å². The highest BCUT2D eigenvalue weighted by Gasteiger charge is 2.43. The van der Waals surface area contributed by atoms with Crippen LogP contribution in [0.5, 0.6) is 0 Å². The molecule has 0 radical (unpaired) electrons. The van der Waals surface area contributed by atoms with Gasteiger partial charge in [0, 0.05) is 55.0 Å². The Hall–Kier alpha value is -3.73. The summed E-state index contributed by atoms with van der Waals surface area (Å²) in [5, 5.41) is 2.65. The molecule has 11 heteroatoms. The van der Waals surface area contributed by atoms with Crippen LogP contribution in [0.2, 0.25) is 0 Å². The van der Waals surface area contributed by atoms with Crippen LogP contribution in [-0.2, 0) is 11.2 Å². The third kappa shape index (κ3) is 5.36. The van der Waals surface area contributed by atoms with Crippen molar-refractivity contribution in [3.05, 3.63) is 71.2 Å². The summed E-state index contributed by atoms with van der Waals surface area (Å²) in [5.41, 5.74) is 3.69. The van der Waals surface area contributed by atoms with Gasteiger partial charge in [-0.2, -0.15) is 29.7 Å². The lowest BCUT2D eigenvalue weighted by Crippen LogP contribution is -2.37. The van der Waals surface area contributed by atoms with Crippen molar-refractivity contribution >= 4 is 41.5 Å². The maximum Gasteiger partial charge on any atom is 0.493 e. The lowest BCUT2D eigenvalue weighted by molar-refractivity contribution is -0.199. The molecule has 0 saturated carbocycles. The standard InChI is InChI=1S/C26H23F3N4O3S/c27-26(28,29)25(35)36-33-22-8-10-31-24(34)20(22)16-23(33)18-7-9-30-19(15-18)6-5-17-3-1-2-4-21(17)32-11-13-37-14-12-32/h1-7,9,15-16H,8,10-14H2,(H,31,34). The molecule has 0 spiro atoms. The van der Waals surface area contributed by atoms with Crippen molar-refractivity contribution in [2.75, 3.05) is 36.0 Å². The first kappa shape index (κ1) is 24.9. The Balaban J connectivity index is 1.48. The molecule has 0 aliphatic carbocycles. The summed E-state index contributed by atoms with van der Waals surface area (Å²) < 4.78 is 39.8. The van der Waals surface area contributed by atoms with Crippen molar-refractivity contribution < 1.29 is 27.6 Å². The smallest absolute Gasteiger partial charge is 0.369 e. The van der Waals surface area contributed by atoms with E-state index in [0.29, 0.717) is 11.3 Å². The van der Waals surface area contributed by atoms with Gasteiger partial charge in [-0.3, -0.25) is 9.78 Å². The van der Waals surface area contributed by atoms with Crippen LogP contribution in [0.1, 0.15) is 27.3 Å². The lowest BCUT2D eigenvalue weighted by atomic mass is 10.1. The normalized spacial score (nSPS) is 16.0. The number of aromatic nitrogens is 2. The molecule has 1 fully saturated rings. The van der Waals surface area contributed by atoms with Gasteiger partial charge >= 0.3 is 12.1 Å². The summed E-state index contributed by atoms with van der Waals surface area (Å²) in [6, 6.07) is 12.8. The number of hydrogen-bond acceptors (Lipinski definition) is 6. The molecule has 37 heavy (non-hydrogen) atoms. The fourth-order valence-corrected chi connectivity index (χ4v) is 5.29. The fourth-order valence-electron chi connectivity index (χ4n) is 4.39. The minimum Gasteiger partial charge on any atom is -0.369 e. The van der Waals surface area contributed by atoms with Gasteiger partial charge in [-0.15, -0.1) is 0 Å². The molecule has 1 saturated heterocycles. The number of nitrogens with one attached hydrogen (secondary N) is 1. The molecule has 2 aliphatic heterocycles. The monoisotopic (exact) mass is 528 g/mol. The molecule has 1 amide bonds. The maximum atomic E-state index is 13.0. The highest BCUT2D eigenvalue weighted by Crippen LogP contribution is 2.30. The summed E-state index contributed by atoms with van der Waals surface area (Å²) in [4.78, 5) is 35.5. The molecule has 1 aromatic carbocycles. The first-order valence-electron chi connectivity index (χ1n) is 11.7. The number of fused-ring (bicyclic) bond motifs is 1. The van der Waals surface area contributed by atoms with E-state index in [9.17, 15) is 22.8 Å². The third-order valence-electron chi connectivity index (χ3n) is 6.15. The number of nitrogens with zero attached hydrogens (tertiary/aromatic N) is 3. The van der Waals surface area contributed by atoms with Crippen molar-refractivity contribution in [3.8, 4) is 11.3 Å². The average Bonchev–Trinajstić information content (AvgIpc) is 3.27. The second-order valence-electron chi connectivity index (χ2n) is 8.53. The van der Waals surface area contributed by atoms with Crippen molar-refractivity contribution in [2.24, 2.45) is 0 Å². The number of carbonyl (C=O) groups is 2. The number of pyridine rings is 1. The van der Waals surface area contributed by atoms with E-state index in [1.165, 1.54) is 12.3 Å². The van der Waals surface area contributed by atoms with Crippen LogP contribution in [0, 0.1) is 0 Å². The highest BCUT2D eigenvalue weighted by molar-refractivity contribution is 7.99. The Labute approximate surface area is 215 Å². The molecular weight excluding hydrogens is 505 g/mol. The zero-order valence-corrected chi connectivity index (χ0v) is 20.4. The predicted molar refractivity (Wildman–Crippen MR) is 136 cm³/mol. The Kier molecular flexibility index (Phi) is 6.96. The molecule has 2 aromatic heterocycles. The number of amides is 1. The summed E-state index contributed by atoms with van der Waals surface area (Å²) in [5.74, 6) is -0.657. The molecule has 7 nitrogen and oxygen atoms in total. The van der Waals surface area contributed by atoms with Crippen LogP contribution in [0.25, 0.3) is 23.4 Å². The highest BCUT2D eigenvalue weighted by atomic mass is 32.2. The van der Waals surface area contributed by atoms with E-state index in [4.69, 9.17) is 4.84 Å². The summed E-state index contributed by atoms with van der Waals surface area (Å²) >= 11 is 1.93. The van der Waals surface area contributed by atoms with E-state index in [0.717, 1.165) is 40.6 Å². The number of hydrogen-bond donors (Lipinski definition) is 1. The SMILES string of the molecule is O=C1NCCc2c1cc(-c1ccnc(C=Cc3ccccc3N3CCSCC3)c1)n2OC(=O)C(F)(F)F. The first-order chi connectivity index (χ1) is 17.8. The fraction of sp³-hybridized carbons (Fsp3) is 0.269. The largest absolute Gasteiger partial charge is 0.493 e. The molecule has 1 N–H and O–H groups in total. The van der Waals surface area contributed by atoms with Gasteiger partial charge in [0.2, 0.25) is 0 Å². The average molecular weight is 529 g/mol. The molecular formula is C26H23F3N4O3S. The topological polar surface area (TPSA) is 76.5 Å². The quantitative estimate of drug-likeness (QED) is 0.538. The van der Waals surface area contributed by atoms with Crippen LogP contribution < -0.4 is 15.1 Å². The zero-order chi connectivity index (χ0) is 26.0. The Bertz CT molecular complexity index is 1360. The van der Waals surface area contributed by atoms with Gasteiger partial charge < -0.3 is 15.1 Å². The van der Waals surface area contributed by atoms with Gasteiger partial charge in [-0.25, -0.2) is 4.79 Å². The lowest BCUT2D eigenvalue weighted by Gasteiger charge is -2.29. The number of alkyl halides is 3. The van der Waals surface area contributed by atoms with Gasteiger partial charge in [0.1, 0.15) is 0 Å². The van der Waals surface area contributed by atoms with Crippen LogP contribution in [0.3, 0.4) is 0 Å². The summed E-state index contributed by atoms with van der Waals surface area (Å²) in [7, 11) is 0. The van der Waals surface area contributed by atoms with Crippen molar-refractivity contribution in [1.29, 1.82) is 0 Å². The second kappa shape index (κ2) is 10.3. The van der Waals surface area contributed by atoms with Gasteiger partial charge in [0.15, 0.2) is 0 Å². The third-order valence-corrected chi connectivity index (χ3v) is 7.10. The van der Waals surface area contributed by atoms with Crippen molar-refractivity contribution in [2.45, 2.75) is 12.6 Å². The summed E-state index contributed by atoms with van der Waals surface area (Å²) in [6.45, 7) is 2.16. The molecule has 4 heterocycles. The molecule has 2 aliphatic rings. The zero-order valence-electron chi connectivity index (χ0n) is 19.6. The van der Waals surface area contributed by atoms with Crippen LogP contribution >= 0.6 is 11.8 Å². The van der Waals surface area contributed by atoms with E-state index in [-0.39, 0.29) is 29.9 Å². The number of carbonyl (C=O) groups excluding carboxylic acids is 2. The van der Waals surface area contributed by atoms with Crippen molar-refractivity contribution in [3.63, 3.8) is 0 Å². The van der Waals surface area contributed by atoms with Crippen LogP contribution in [0.15, 0.2) is 48.7 Å². The van der Waals surface area contributed by atoms with Crippen molar-refractivity contribution in [1.82, 2.24) is 15.0 Å². The molecule has 0 bridgehead atoms. The minimum atomic E-state index is -5.18. The molecule has 3 aromatic rings. The maximum absolute atomic E-state index is 13.0. The number of para-hydroxylation sites is 1. The number of benzene rings is 1. The molecule has 192 valence electrons. The predicted octanol–water partition coefficient (Wildman–Crippen LogP) is 4.08. The molecule has 0 unspecified atom stereocenters. The number of halogens is 3. The summed E-state index contributed by atoms with van der Waals surface area (Å²) in [6.07, 6.45) is 0.325. The number of anilines is 1. The molecule has 0 atom stereocenters. The van der Waals surface area contributed by atoms with Gasteiger partial charge in [0.05, 0.1) is 22.6 Å². The van der Waals surface area contributed by atoms with Gasteiger partial charge in [-0.05, 0) is 35.9 Å². The van der Waals surface area contributed by atoms with E-state index >= 15 is 0 Å². The van der Waals surface area contributed by atoms with E-state index in [1.54, 1.807) is 12.1 Å². The van der Waals surface area contributed by atoms with Gasteiger partial charge in [0.25, 0.3) is 5.91 Å². The molecule has 5 rings (SSSR count). The number of thioether (sulfide) groups is 1. The Morgan fingerprint density at radius 3 is 2.68 bits per heavy atom. The van der Waals surface area contributed by atoms with Crippen LogP contribution in [0.4, 0.5) is 18.9 Å². The van der Waals surface area contributed by atoms with Crippen LogP contribution in [-0.4, -0.2) is 58.9 Å². The minimum absolute atomic E-state index is 0.155. The second-order valence-corrected chi connectivity index (χ2v) is 9.75. The van der Waals surface area contributed by atoms with E-state index in [2.05, 4.69) is 21.3 Å². The number of rotatable bonds is 5. The van der Waals surface area contributed by atoms with Gasteiger partial charge in [-0.1, -0.05) is 24.3 Å². The first-order valence-corrected chi connectivity index (χ1v) is 12.9. The Morgan fingerprint density at radius 1 is 1.11 bits per heavy atom.